The van der Waals surface area contributed by atoms with Gasteiger partial charge in [-0.05, 0) is 60.0 Å². The normalized spacial score (nSPS) is 13.2. The van der Waals surface area contributed by atoms with Gasteiger partial charge in [-0.2, -0.15) is 0 Å². The molecule has 1 aliphatic heterocycles. The van der Waals surface area contributed by atoms with Crippen LogP contribution in [0.4, 0.5) is 17.1 Å². The fourth-order valence-electron chi connectivity index (χ4n) is 4.76. The van der Waals surface area contributed by atoms with Gasteiger partial charge < -0.3 is 19.9 Å². The van der Waals surface area contributed by atoms with Crippen molar-refractivity contribution in [3.8, 4) is 5.75 Å². The number of fused-ring (bicyclic) bond motifs is 1. The first-order chi connectivity index (χ1) is 19.1. The molecule has 208 valence electrons. The van der Waals surface area contributed by atoms with Crippen LogP contribution in [-0.2, 0) is 20.9 Å². The van der Waals surface area contributed by atoms with Gasteiger partial charge in [0.05, 0.1) is 18.4 Å². The highest BCUT2D eigenvalue weighted by atomic mass is 16.5. The standard InChI is InChI=1S/C31H34N4O5/c1-20(2)28(30(38)32-22-12-14-23(15-13-22)33(3)4)35(18-21-10-16-24(40-5)17-11-21)27(36)19-34-26-9-7-6-8-25(26)29(37)31(34)39/h6-17,20,28H,18-19H2,1-5H3,(H,32,38)/t28-/m0/s1. The summed E-state index contributed by atoms with van der Waals surface area (Å²) in [5.41, 5.74) is 3.03. The molecule has 1 aliphatic rings. The molecular weight excluding hydrogens is 508 g/mol. The number of methoxy groups -OCH3 is 1. The van der Waals surface area contributed by atoms with Gasteiger partial charge in [0.15, 0.2) is 0 Å². The Morgan fingerprint density at radius 2 is 1.57 bits per heavy atom. The smallest absolute Gasteiger partial charge is 0.299 e. The average Bonchev–Trinajstić information content (AvgIpc) is 3.18. The lowest BCUT2D eigenvalue weighted by Crippen LogP contribution is -2.53. The molecule has 0 aliphatic carbocycles. The number of benzene rings is 3. The van der Waals surface area contributed by atoms with Crippen molar-refractivity contribution in [3.05, 3.63) is 83.9 Å². The van der Waals surface area contributed by atoms with Crippen molar-refractivity contribution in [2.75, 3.05) is 42.9 Å². The Morgan fingerprint density at radius 3 is 2.17 bits per heavy atom. The van der Waals surface area contributed by atoms with E-state index in [2.05, 4.69) is 5.32 Å². The lowest BCUT2D eigenvalue weighted by Gasteiger charge is -2.34. The van der Waals surface area contributed by atoms with E-state index in [-0.39, 0.29) is 30.5 Å². The van der Waals surface area contributed by atoms with Crippen LogP contribution >= 0.6 is 0 Å². The largest absolute Gasteiger partial charge is 0.497 e. The quantitative estimate of drug-likeness (QED) is 0.389. The zero-order valence-corrected chi connectivity index (χ0v) is 23.4. The summed E-state index contributed by atoms with van der Waals surface area (Å²) in [7, 11) is 5.44. The van der Waals surface area contributed by atoms with Gasteiger partial charge in [-0.3, -0.25) is 24.1 Å². The molecular formula is C31H34N4O5. The molecule has 1 atom stereocenters. The molecule has 1 N–H and O–H groups in total. The number of hydrogen-bond donors (Lipinski definition) is 1. The van der Waals surface area contributed by atoms with Gasteiger partial charge in [-0.25, -0.2) is 0 Å². The van der Waals surface area contributed by atoms with Gasteiger partial charge in [0.25, 0.3) is 11.7 Å². The highest BCUT2D eigenvalue weighted by molar-refractivity contribution is 6.52. The van der Waals surface area contributed by atoms with Crippen molar-refractivity contribution in [2.45, 2.75) is 26.4 Å². The predicted molar refractivity (Wildman–Crippen MR) is 155 cm³/mol. The van der Waals surface area contributed by atoms with E-state index < -0.39 is 23.6 Å². The molecule has 0 saturated carbocycles. The SMILES string of the molecule is COc1ccc(CN(C(=O)CN2C(=O)C(=O)c3ccccc32)[C@H](C(=O)Nc2ccc(N(C)C)cc2)C(C)C)cc1. The number of nitrogens with one attached hydrogen (secondary N) is 1. The first-order valence-corrected chi connectivity index (χ1v) is 13.1. The van der Waals surface area contributed by atoms with Gasteiger partial charge in [0.1, 0.15) is 18.3 Å². The van der Waals surface area contributed by atoms with Crippen LogP contribution in [0.5, 0.6) is 5.75 Å². The van der Waals surface area contributed by atoms with Crippen LogP contribution < -0.4 is 19.9 Å². The van der Waals surface area contributed by atoms with E-state index in [9.17, 15) is 19.2 Å². The van der Waals surface area contributed by atoms with E-state index in [1.54, 1.807) is 43.5 Å². The Morgan fingerprint density at radius 1 is 0.925 bits per heavy atom. The van der Waals surface area contributed by atoms with E-state index in [0.29, 0.717) is 17.1 Å². The van der Waals surface area contributed by atoms with Crippen molar-refractivity contribution in [1.82, 2.24) is 4.90 Å². The molecule has 40 heavy (non-hydrogen) atoms. The summed E-state index contributed by atoms with van der Waals surface area (Å²) in [6.07, 6.45) is 0. The van der Waals surface area contributed by atoms with E-state index in [1.807, 2.05) is 69.2 Å². The second kappa shape index (κ2) is 12.0. The minimum absolute atomic E-state index is 0.121. The molecule has 3 aromatic rings. The lowest BCUT2D eigenvalue weighted by atomic mass is 10.00. The first kappa shape index (κ1) is 28.4. The molecule has 9 nitrogen and oxygen atoms in total. The minimum Gasteiger partial charge on any atom is -0.497 e. The maximum atomic E-state index is 13.9. The van der Waals surface area contributed by atoms with Gasteiger partial charge >= 0.3 is 0 Å². The van der Waals surface area contributed by atoms with E-state index in [1.165, 1.54) is 9.80 Å². The number of amides is 3. The topological polar surface area (TPSA) is 99.3 Å². The third-order valence-corrected chi connectivity index (χ3v) is 6.89. The van der Waals surface area contributed by atoms with Crippen LogP contribution in [0.3, 0.4) is 0 Å². The van der Waals surface area contributed by atoms with Gasteiger partial charge in [-0.1, -0.05) is 38.1 Å². The number of ether oxygens (including phenoxy) is 1. The van der Waals surface area contributed by atoms with Crippen molar-refractivity contribution >= 4 is 40.6 Å². The Balaban J connectivity index is 1.64. The molecule has 1 heterocycles. The summed E-state index contributed by atoms with van der Waals surface area (Å²) in [5, 5.41) is 2.95. The van der Waals surface area contributed by atoms with Gasteiger partial charge in [0.2, 0.25) is 11.8 Å². The molecule has 3 aromatic carbocycles. The summed E-state index contributed by atoms with van der Waals surface area (Å²) >= 11 is 0. The molecule has 0 radical (unpaired) electrons. The molecule has 0 spiro atoms. The summed E-state index contributed by atoms with van der Waals surface area (Å²) in [5.74, 6) is -1.80. The highest BCUT2D eigenvalue weighted by Crippen LogP contribution is 2.29. The Bertz CT molecular complexity index is 1400. The predicted octanol–water partition coefficient (Wildman–Crippen LogP) is 3.98. The zero-order valence-electron chi connectivity index (χ0n) is 23.4. The fraction of sp³-hybridized carbons (Fsp3) is 0.290. The molecule has 0 bridgehead atoms. The first-order valence-electron chi connectivity index (χ1n) is 13.1. The summed E-state index contributed by atoms with van der Waals surface area (Å²) in [6.45, 7) is 3.49. The van der Waals surface area contributed by atoms with Crippen LogP contribution in [0.2, 0.25) is 0 Å². The second-order valence-corrected chi connectivity index (χ2v) is 10.2. The fourth-order valence-corrected chi connectivity index (χ4v) is 4.76. The number of anilines is 3. The molecule has 0 saturated heterocycles. The van der Waals surface area contributed by atoms with Crippen LogP contribution in [0.1, 0.15) is 29.8 Å². The number of nitrogens with zero attached hydrogens (tertiary/aromatic N) is 3. The number of rotatable bonds is 10. The Hall–Kier alpha value is -4.66. The molecule has 0 aromatic heterocycles. The highest BCUT2D eigenvalue weighted by Gasteiger charge is 2.39. The zero-order chi connectivity index (χ0) is 29.0. The minimum atomic E-state index is -0.855. The van der Waals surface area contributed by atoms with Crippen molar-refractivity contribution in [2.24, 2.45) is 5.92 Å². The van der Waals surface area contributed by atoms with E-state index in [0.717, 1.165) is 11.3 Å². The van der Waals surface area contributed by atoms with Crippen LogP contribution in [0, 0.1) is 5.92 Å². The summed E-state index contributed by atoms with van der Waals surface area (Å²) in [4.78, 5) is 57.6. The van der Waals surface area contributed by atoms with Crippen LogP contribution in [0.25, 0.3) is 0 Å². The molecule has 0 unspecified atom stereocenters. The van der Waals surface area contributed by atoms with Crippen molar-refractivity contribution in [1.29, 1.82) is 0 Å². The van der Waals surface area contributed by atoms with Gasteiger partial charge in [0, 0.05) is 32.0 Å². The molecule has 3 amide bonds. The number of Topliss-reactive ketones (excluding diaryl/α,β-unsaturated/α-hetero) is 1. The third kappa shape index (κ3) is 5.98. The number of para-hydroxylation sites is 1. The monoisotopic (exact) mass is 542 g/mol. The molecule has 4 rings (SSSR count). The van der Waals surface area contributed by atoms with E-state index in [4.69, 9.17) is 4.74 Å². The Kier molecular flexibility index (Phi) is 8.52. The average molecular weight is 543 g/mol. The number of carbonyl (C=O) groups is 4. The number of ketones is 1. The maximum Gasteiger partial charge on any atom is 0.299 e. The lowest BCUT2D eigenvalue weighted by molar-refractivity contribution is -0.140. The van der Waals surface area contributed by atoms with Crippen molar-refractivity contribution < 1.29 is 23.9 Å². The van der Waals surface area contributed by atoms with Crippen molar-refractivity contribution in [3.63, 3.8) is 0 Å². The second-order valence-electron chi connectivity index (χ2n) is 10.2. The molecule has 0 fully saturated rings. The third-order valence-electron chi connectivity index (χ3n) is 6.89. The Labute approximate surface area is 234 Å². The van der Waals surface area contributed by atoms with Gasteiger partial charge in [-0.15, -0.1) is 0 Å². The maximum absolute atomic E-state index is 13.9. The van der Waals surface area contributed by atoms with Crippen LogP contribution in [0.15, 0.2) is 72.8 Å². The molecule has 9 heteroatoms. The summed E-state index contributed by atoms with van der Waals surface area (Å²) in [6, 6.07) is 20.4. The van der Waals surface area contributed by atoms with E-state index >= 15 is 0 Å². The number of carbonyl (C=O) groups excluding carboxylic acids is 4. The van der Waals surface area contributed by atoms with Crippen LogP contribution in [-0.4, -0.2) is 62.2 Å². The number of hydrogen-bond acceptors (Lipinski definition) is 6. The summed E-state index contributed by atoms with van der Waals surface area (Å²) < 4.78 is 5.26.